The van der Waals surface area contributed by atoms with Crippen LogP contribution in [0.3, 0.4) is 0 Å². The quantitative estimate of drug-likeness (QED) is 0.736. The van der Waals surface area contributed by atoms with Crippen LogP contribution >= 0.6 is 24.8 Å². The Bertz CT molecular complexity index is 834. The van der Waals surface area contributed by atoms with Crippen LogP contribution in [0.2, 0.25) is 0 Å². The van der Waals surface area contributed by atoms with E-state index in [0.717, 1.165) is 37.5 Å². The molecule has 3 heterocycles. The van der Waals surface area contributed by atoms with Crippen LogP contribution in [0.4, 0.5) is 0 Å². The molecule has 0 aliphatic carbocycles. The number of halogens is 2. The minimum absolute atomic E-state index is 0. The van der Waals surface area contributed by atoms with Crippen LogP contribution in [0.15, 0.2) is 54.9 Å². The van der Waals surface area contributed by atoms with Gasteiger partial charge in [0.2, 0.25) is 0 Å². The van der Waals surface area contributed by atoms with E-state index >= 15 is 0 Å². The Morgan fingerprint density at radius 3 is 2.54 bits per heavy atom. The van der Waals surface area contributed by atoms with E-state index in [2.05, 4.69) is 71.1 Å². The molecule has 0 radical (unpaired) electrons. The van der Waals surface area contributed by atoms with E-state index in [9.17, 15) is 0 Å². The predicted octanol–water partition coefficient (Wildman–Crippen LogP) is 3.66. The molecule has 0 unspecified atom stereocenters. The highest BCUT2D eigenvalue weighted by atomic mass is 35.5. The van der Waals surface area contributed by atoms with Crippen LogP contribution in [-0.4, -0.2) is 33.9 Å². The fraction of sp³-hybridized carbons (Fsp3) is 0.350. The Hall–Kier alpha value is -1.59. The Morgan fingerprint density at radius 1 is 1.04 bits per heavy atom. The molecule has 3 aromatic rings. The van der Waals surface area contributed by atoms with Gasteiger partial charge in [0.1, 0.15) is 5.65 Å². The zero-order valence-electron chi connectivity index (χ0n) is 14.9. The molecule has 4 rings (SSSR count). The Balaban J connectivity index is 0.00000121. The molecule has 6 heteroatoms. The second-order valence-corrected chi connectivity index (χ2v) is 6.91. The van der Waals surface area contributed by atoms with Gasteiger partial charge in [0, 0.05) is 37.9 Å². The number of pyridine rings is 1. The summed E-state index contributed by atoms with van der Waals surface area (Å²) in [6.07, 6.45) is 4.28. The zero-order chi connectivity index (χ0) is 16.5. The third-order valence-corrected chi connectivity index (χ3v) is 5.08. The number of benzene rings is 1. The zero-order valence-corrected chi connectivity index (χ0v) is 16.5. The molecule has 1 fully saturated rings. The number of nitrogens with zero attached hydrogens (tertiary/aromatic N) is 3. The normalized spacial score (nSPS) is 19.9. The summed E-state index contributed by atoms with van der Waals surface area (Å²) in [5, 5.41) is 0. The van der Waals surface area contributed by atoms with E-state index in [0.29, 0.717) is 11.8 Å². The number of nitrogens with two attached hydrogens (primary N) is 1. The molecule has 4 nitrogen and oxygen atoms in total. The number of aryl methyl sites for hydroxylation is 1. The van der Waals surface area contributed by atoms with Crippen LogP contribution < -0.4 is 5.73 Å². The Kier molecular flexibility index (Phi) is 7.07. The molecule has 1 saturated heterocycles. The number of fused-ring (bicyclic) bond motifs is 1. The van der Waals surface area contributed by atoms with Crippen molar-refractivity contribution in [3.8, 4) is 0 Å². The lowest BCUT2D eigenvalue weighted by atomic mass is 9.89. The first-order chi connectivity index (χ1) is 11.7. The average Bonchev–Trinajstić information content (AvgIpc) is 3.18. The Labute approximate surface area is 167 Å². The van der Waals surface area contributed by atoms with Crippen molar-refractivity contribution in [1.82, 2.24) is 14.3 Å². The molecular weight excluding hydrogens is 367 g/mol. The molecule has 2 atom stereocenters. The number of rotatable bonds is 4. The van der Waals surface area contributed by atoms with Crippen molar-refractivity contribution in [3.05, 3.63) is 71.7 Å². The molecule has 2 N–H and O–H groups in total. The lowest BCUT2D eigenvalue weighted by molar-refractivity contribution is 0.313. The van der Waals surface area contributed by atoms with E-state index in [1.54, 1.807) is 0 Å². The van der Waals surface area contributed by atoms with Gasteiger partial charge in [0.05, 0.1) is 5.69 Å². The topological polar surface area (TPSA) is 46.6 Å². The third-order valence-electron chi connectivity index (χ3n) is 5.08. The maximum Gasteiger partial charge on any atom is 0.137 e. The molecule has 2 aromatic heterocycles. The van der Waals surface area contributed by atoms with Gasteiger partial charge in [-0.05, 0) is 36.6 Å². The first-order valence-corrected chi connectivity index (χ1v) is 8.64. The molecule has 140 valence electrons. The van der Waals surface area contributed by atoms with Crippen molar-refractivity contribution in [1.29, 1.82) is 0 Å². The highest BCUT2D eigenvalue weighted by Gasteiger charge is 2.32. The molecule has 0 spiro atoms. The number of imidazole rings is 1. The van der Waals surface area contributed by atoms with E-state index in [1.807, 2.05) is 0 Å². The van der Waals surface area contributed by atoms with Crippen LogP contribution in [0, 0.1) is 12.8 Å². The summed E-state index contributed by atoms with van der Waals surface area (Å²) in [5.41, 5.74) is 10.9. The van der Waals surface area contributed by atoms with Crippen LogP contribution in [0.1, 0.15) is 22.7 Å². The van der Waals surface area contributed by atoms with Gasteiger partial charge in [-0.3, -0.25) is 4.90 Å². The summed E-state index contributed by atoms with van der Waals surface area (Å²) in [6.45, 7) is 5.83. The number of likely N-dealkylation sites (tertiary alicyclic amines) is 1. The van der Waals surface area contributed by atoms with E-state index in [-0.39, 0.29) is 24.8 Å². The number of aromatic nitrogens is 2. The van der Waals surface area contributed by atoms with E-state index in [1.165, 1.54) is 11.1 Å². The van der Waals surface area contributed by atoms with Gasteiger partial charge in [-0.25, -0.2) is 4.98 Å². The summed E-state index contributed by atoms with van der Waals surface area (Å²) in [5.74, 6) is 1.04. The highest BCUT2D eigenvalue weighted by Crippen LogP contribution is 2.32. The van der Waals surface area contributed by atoms with Crippen molar-refractivity contribution < 1.29 is 0 Å². The SMILES string of the molecule is Cc1ccc2nc(CN3C[C@@H](CN)[C@H](c4ccccc4)C3)cn2c1.Cl.Cl. The Morgan fingerprint density at radius 2 is 1.81 bits per heavy atom. The molecule has 0 bridgehead atoms. The minimum Gasteiger partial charge on any atom is -0.330 e. The monoisotopic (exact) mass is 392 g/mol. The van der Waals surface area contributed by atoms with E-state index in [4.69, 9.17) is 10.7 Å². The first kappa shape index (κ1) is 20.7. The summed E-state index contributed by atoms with van der Waals surface area (Å²) in [6, 6.07) is 15.0. The van der Waals surface area contributed by atoms with Gasteiger partial charge < -0.3 is 10.1 Å². The van der Waals surface area contributed by atoms with E-state index < -0.39 is 0 Å². The first-order valence-electron chi connectivity index (χ1n) is 8.64. The minimum atomic E-state index is 0. The van der Waals surface area contributed by atoms with Gasteiger partial charge >= 0.3 is 0 Å². The predicted molar refractivity (Wildman–Crippen MR) is 111 cm³/mol. The standard InChI is InChI=1S/C20H24N4.2ClH/c1-15-7-8-20-22-18(13-24(20)10-15)12-23-11-17(9-21)19(14-23)16-5-3-2-4-6-16;;/h2-8,10,13,17,19H,9,11-12,14,21H2,1H3;2*1H/t17-,19+;;/m1../s1. The maximum atomic E-state index is 6.05. The summed E-state index contributed by atoms with van der Waals surface area (Å²) >= 11 is 0. The fourth-order valence-electron chi connectivity index (χ4n) is 3.87. The van der Waals surface area contributed by atoms with Gasteiger partial charge in [0.25, 0.3) is 0 Å². The molecule has 1 aliphatic heterocycles. The van der Waals surface area contributed by atoms with Gasteiger partial charge in [-0.15, -0.1) is 24.8 Å². The molecular formula is C20H26Cl2N4. The van der Waals surface area contributed by atoms with Crippen LogP contribution in [0.5, 0.6) is 0 Å². The van der Waals surface area contributed by atoms with Gasteiger partial charge in [0.15, 0.2) is 0 Å². The summed E-state index contributed by atoms with van der Waals surface area (Å²) in [4.78, 5) is 7.25. The number of hydrogen-bond donors (Lipinski definition) is 1. The summed E-state index contributed by atoms with van der Waals surface area (Å²) < 4.78 is 2.12. The summed E-state index contributed by atoms with van der Waals surface area (Å²) in [7, 11) is 0. The molecule has 26 heavy (non-hydrogen) atoms. The highest BCUT2D eigenvalue weighted by molar-refractivity contribution is 5.85. The molecule has 1 aliphatic rings. The van der Waals surface area contributed by atoms with Crippen molar-refractivity contribution in [2.24, 2.45) is 11.7 Å². The average molecular weight is 393 g/mol. The largest absolute Gasteiger partial charge is 0.330 e. The maximum absolute atomic E-state index is 6.05. The molecule has 0 saturated carbocycles. The van der Waals surface area contributed by atoms with Gasteiger partial charge in [-0.1, -0.05) is 36.4 Å². The van der Waals surface area contributed by atoms with Crippen molar-refractivity contribution >= 4 is 30.5 Å². The second kappa shape index (κ2) is 8.87. The third kappa shape index (κ3) is 4.21. The lowest BCUT2D eigenvalue weighted by Gasteiger charge is -2.16. The second-order valence-electron chi connectivity index (χ2n) is 6.91. The van der Waals surface area contributed by atoms with Crippen molar-refractivity contribution in [2.75, 3.05) is 19.6 Å². The number of hydrogen-bond acceptors (Lipinski definition) is 3. The van der Waals surface area contributed by atoms with Gasteiger partial charge in [-0.2, -0.15) is 0 Å². The lowest BCUT2D eigenvalue weighted by Crippen LogP contribution is -2.23. The fourth-order valence-corrected chi connectivity index (χ4v) is 3.87. The van der Waals surface area contributed by atoms with Crippen molar-refractivity contribution in [3.63, 3.8) is 0 Å². The van der Waals surface area contributed by atoms with Crippen LogP contribution in [-0.2, 0) is 6.54 Å². The molecule has 1 aromatic carbocycles. The smallest absolute Gasteiger partial charge is 0.137 e. The van der Waals surface area contributed by atoms with Crippen LogP contribution in [0.25, 0.3) is 5.65 Å². The van der Waals surface area contributed by atoms with Crippen molar-refractivity contribution in [2.45, 2.75) is 19.4 Å². The molecule has 0 amide bonds.